The van der Waals surface area contributed by atoms with Gasteiger partial charge < -0.3 is 6.53 Å². The number of aliphatic carboxylic acids is 1. The Balaban J connectivity index is -0.0000000233. The normalized spacial score (nSPS) is 4.12. The maximum atomic E-state index is 9.00. The first-order valence-corrected chi connectivity index (χ1v) is 1.65. The Morgan fingerprint density at radius 3 is 1.88 bits per heavy atom. The van der Waals surface area contributed by atoms with E-state index in [0.29, 0.717) is 0 Å². The number of nitriles is 1. The van der Waals surface area contributed by atoms with Crippen LogP contribution in [0.4, 0.5) is 0 Å². The molecule has 0 heterocycles. The van der Waals surface area contributed by atoms with E-state index in [-0.39, 0.29) is 31.0 Å². The summed E-state index contributed by atoms with van der Waals surface area (Å²) in [7, 11) is 0. The van der Waals surface area contributed by atoms with Gasteiger partial charge in [0.05, 0.1) is 6.07 Å². The van der Waals surface area contributed by atoms with E-state index in [4.69, 9.17) is 15.2 Å². The molecule has 0 spiro atoms. The largest absolute Gasteiger partial charge is 1.00 e. The zero-order chi connectivity index (χ0) is 6.28. The van der Waals surface area contributed by atoms with Gasteiger partial charge in [-0.1, -0.05) is 0 Å². The van der Waals surface area contributed by atoms with Crippen molar-refractivity contribution in [1.29, 1.82) is 5.26 Å². The van der Waals surface area contributed by atoms with E-state index >= 15 is 0 Å². The van der Waals surface area contributed by atoms with Gasteiger partial charge in [-0.15, -0.1) is 0 Å². The summed E-state index contributed by atoms with van der Waals surface area (Å²) in [6.45, 7) is 2.51. The third-order valence-electron chi connectivity index (χ3n) is 0. The molecular formula is C4H8NNaO2. The number of carbonyl (C=O) groups is 1. The van der Waals surface area contributed by atoms with E-state index in [9.17, 15) is 0 Å². The van der Waals surface area contributed by atoms with Crippen LogP contribution < -0.4 is 29.6 Å². The minimum Gasteiger partial charge on any atom is -1.00 e. The number of hydrogen-bond acceptors (Lipinski definition) is 2. The van der Waals surface area contributed by atoms with Crippen molar-refractivity contribution in [1.82, 2.24) is 0 Å². The molecule has 4 heteroatoms. The van der Waals surface area contributed by atoms with Crippen LogP contribution in [-0.2, 0) is 4.79 Å². The van der Waals surface area contributed by atoms with Gasteiger partial charge in [0, 0.05) is 13.8 Å². The summed E-state index contributed by atoms with van der Waals surface area (Å²) in [5, 5.41) is 14.7. The summed E-state index contributed by atoms with van der Waals surface area (Å²) in [6, 6.07) is 1.75. The van der Waals surface area contributed by atoms with Crippen molar-refractivity contribution < 1.29 is 40.9 Å². The Bertz CT molecular complexity index is 87.1. The minimum atomic E-state index is -0.833. The molecule has 0 atom stereocenters. The fourth-order valence-corrected chi connectivity index (χ4v) is 0. The molecule has 0 aliphatic carbocycles. The van der Waals surface area contributed by atoms with Crippen LogP contribution in [0.15, 0.2) is 0 Å². The molecule has 0 aromatic rings. The van der Waals surface area contributed by atoms with Crippen molar-refractivity contribution in [3.63, 3.8) is 0 Å². The van der Waals surface area contributed by atoms with Crippen LogP contribution in [0.1, 0.15) is 15.3 Å². The third-order valence-corrected chi connectivity index (χ3v) is 0. The van der Waals surface area contributed by atoms with Crippen LogP contribution >= 0.6 is 0 Å². The van der Waals surface area contributed by atoms with E-state index in [0.717, 1.165) is 6.92 Å². The third kappa shape index (κ3) is 91600. The van der Waals surface area contributed by atoms with Gasteiger partial charge in [-0.3, -0.25) is 4.79 Å². The second kappa shape index (κ2) is 15.8. The molecule has 0 saturated carbocycles. The fourth-order valence-electron chi connectivity index (χ4n) is 0. The first kappa shape index (κ1) is 15.7. The first-order valence-electron chi connectivity index (χ1n) is 1.65. The molecule has 0 bridgehead atoms. The van der Waals surface area contributed by atoms with Crippen molar-refractivity contribution in [2.75, 3.05) is 0 Å². The molecule has 0 fully saturated rings. The molecule has 0 aliphatic heterocycles. The van der Waals surface area contributed by atoms with E-state index < -0.39 is 5.97 Å². The summed E-state index contributed by atoms with van der Waals surface area (Å²) >= 11 is 0. The first-order chi connectivity index (χ1) is 3.15. The van der Waals surface area contributed by atoms with Crippen LogP contribution in [0.2, 0.25) is 0 Å². The molecule has 0 rings (SSSR count). The van der Waals surface area contributed by atoms with Crippen molar-refractivity contribution in [2.24, 2.45) is 0 Å². The molecule has 0 aromatic heterocycles. The predicted molar refractivity (Wildman–Crippen MR) is 25.7 cm³/mol. The van der Waals surface area contributed by atoms with Crippen LogP contribution in [0.25, 0.3) is 0 Å². The molecule has 0 saturated heterocycles. The fraction of sp³-hybridized carbons (Fsp3) is 0.500. The maximum absolute atomic E-state index is 9.00. The van der Waals surface area contributed by atoms with E-state index in [2.05, 4.69) is 0 Å². The van der Waals surface area contributed by atoms with Crippen LogP contribution in [-0.4, -0.2) is 11.1 Å². The van der Waals surface area contributed by atoms with Crippen LogP contribution in [0, 0.1) is 11.3 Å². The minimum absolute atomic E-state index is 0. The molecule has 42 valence electrons. The second-order valence-corrected chi connectivity index (χ2v) is 0.743. The van der Waals surface area contributed by atoms with Gasteiger partial charge >= 0.3 is 29.6 Å². The monoisotopic (exact) mass is 125 g/mol. The Morgan fingerprint density at radius 1 is 1.88 bits per heavy atom. The Morgan fingerprint density at radius 2 is 1.88 bits per heavy atom. The molecule has 1 N–H and O–H groups in total. The molecule has 3 nitrogen and oxygen atoms in total. The van der Waals surface area contributed by atoms with Crippen LogP contribution in [0.5, 0.6) is 0 Å². The molecule has 0 unspecified atom stereocenters. The average Bonchev–Trinajstić information content (AvgIpc) is 1.33. The Labute approximate surface area is 72.1 Å². The summed E-state index contributed by atoms with van der Waals surface area (Å²) in [5.41, 5.74) is 0. The van der Waals surface area contributed by atoms with Crippen LogP contribution in [0.3, 0.4) is 0 Å². The molecule has 0 amide bonds. The van der Waals surface area contributed by atoms with Crippen molar-refractivity contribution in [3.05, 3.63) is 0 Å². The van der Waals surface area contributed by atoms with Gasteiger partial charge in [-0.05, 0) is 0 Å². The van der Waals surface area contributed by atoms with Crippen molar-refractivity contribution in [3.8, 4) is 6.07 Å². The second-order valence-electron chi connectivity index (χ2n) is 0.743. The number of nitrogens with zero attached hydrogens (tertiary/aromatic N) is 1. The van der Waals surface area contributed by atoms with Gasteiger partial charge in [0.2, 0.25) is 0 Å². The number of carboxylic acids is 1. The van der Waals surface area contributed by atoms with Gasteiger partial charge in [0.25, 0.3) is 5.97 Å². The van der Waals surface area contributed by atoms with Gasteiger partial charge in [0.1, 0.15) is 0 Å². The smallest absolute Gasteiger partial charge is 1.00 e. The van der Waals surface area contributed by atoms with Gasteiger partial charge in [-0.2, -0.15) is 5.26 Å². The molecule has 0 aromatic carbocycles. The average molecular weight is 125 g/mol. The number of hydrogen-bond donors (Lipinski definition) is 1. The Hall–Kier alpha value is -0.0400. The molecule has 8 heavy (non-hydrogen) atoms. The van der Waals surface area contributed by atoms with Gasteiger partial charge in [-0.25, -0.2) is 0 Å². The zero-order valence-electron chi connectivity index (χ0n) is 6.30. The summed E-state index contributed by atoms with van der Waals surface area (Å²) in [4.78, 5) is 9.00. The molecular weight excluding hydrogens is 117 g/mol. The SMILES string of the molecule is CC#N.CC(=O)O.[H-].[Na+]. The van der Waals surface area contributed by atoms with Crippen molar-refractivity contribution >= 4 is 5.97 Å². The quantitative estimate of drug-likeness (QED) is 0.371. The number of rotatable bonds is 0. The van der Waals surface area contributed by atoms with E-state index in [1.54, 1.807) is 6.07 Å². The molecule has 0 radical (unpaired) electrons. The topological polar surface area (TPSA) is 61.1 Å². The standard InChI is InChI=1S/C2H3N.C2H4O2.Na.H/c1-2-3;1-2(3)4;;/h1H3;1H3,(H,3,4);;/q;;+1;-1. The summed E-state index contributed by atoms with van der Waals surface area (Å²) < 4.78 is 0. The Kier molecular flexibility index (Phi) is 30.9. The van der Waals surface area contributed by atoms with E-state index in [1.165, 1.54) is 6.92 Å². The van der Waals surface area contributed by atoms with E-state index in [1.807, 2.05) is 0 Å². The summed E-state index contributed by atoms with van der Waals surface area (Å²) in [5.74, 6) is -0.833. The predicted octanol–water partition coefficient (Wildman–Crippen LogP) is -2.26. The molecule has 0 aliphatic rings. The summed E-state index contributed by atoms with van der Waals surface area (Å²) in [6.07, 6.45) is 0. The van der Waals surface area contributed by atoms with Crippen molar-refractivity contribution in [2.45, 2.75) is 13.8 Å². The zero-order valence-corrected chi connectivity index (χ0v) is 7.30. The van der Waals surface area contributed by atoms with Gasteiger partial charge in [0.15, 0.2) is 0 Å². The number of carboxylic acid groups (broad SMARTS) is 1. The maximum Gasteiger partial charge on any atom is 1.00 e.